The first kappa shape index (κ1) is 9.78. The Kier molecular flexibility index (Phi) is 3.03. The van der Waals surface area contributed by atoms with Gasteiger partial charge < -0.3 is 10.1 Å². The van der Waals surface area contributed by atoms with Gasteiger partial charge in [0.15, 0.2) is 5.75 Å². The fraction of sp³-hybridized carbons (Fsp3) is 0.250. The first-order chi connectivity index (χ1) is 7.38. The minimum Gasteiger partial charge on any atom is -0.494 e. The van der Waals surface area contributed by atoms with Crippen LogP contribution in [0.1, 0.15) is 5.82 Å². The van der Waals surface area contributed by atoms with Crippen LogP contribution in [0, 0.1) is 0 Å². The van der Waals surface area contributed by atoms with E-state index in [9.17, 15) is 0 Å². The van der Waals surface area contributed by atoms with Gasteiger partial charge in [-0.2, -0.15) is 4.37 Å². The first-order valence-corrected chi connectivity index (χ1v) is 5.01. The van der Waals surface area contributed by atoms with Crippen molar-refractivity contribution in [3.8, 4) is 5.75 Å². The maximum atomic E-state index is 4.95. The normalized spacial score (nSPS) is 9.93. The van der Waals surface area contributed by atoms with E-state index in [0.717, 1.165) is 5.13 Å². The van der Waals surface area contributed by atoms with E-state index in [1.165, 1.54) is 17.9 Å². The van der Waals surface area contributed by atoms with Gasteiger partial charge >= 0.3 is 0 Å². The molecule has 0 aliphatic heterocycles. The fourth-order valence-electron chi connectivity index (χ4n) is 0.945. The van der Waals surface area contributed by atoms with Gasteiger partial charge in [0.05, 0.1) is 26.0 Å². The van der Waals surface area contributed by atoms with E-state index in [4.69, 9.17) is 4.74 Å². The van der Waals surface area contributed by atoms with Gasteiger partial charge in [0, 0.05) is 11.5 Å². The maximum absolute atomic E-state index is 4.95. The van der Waals surface area contributed by atoms with Gasteiger partial charge in [-0.25, -0.2) is 15.0 Å². The molecule has 0 fully saturated rings. The van der Waals surface area contributed by atoms with Crippen LogP contribution in [0.4, 0.5) is 5.13 Å². The molecular weight excluding hydrogens is 214 g/mol. The van der Waals surface area contributed by atoms with Gasteiger partial charge in [-0.1, -0.05) is 0 Å². The van der Waals surface area contributed by atoms with Gasteiger partial charge in [-0.3, -0.25) is 0 Å². The van der Waals surface area contributed by atoms with E-state index in [-0.39, 0.29) is 0 Å². The van der Waals surface area contributed by atoms with Crippen molar-refractivity contribution in [1.82, 2.24) is 19.3 Å². The van der Waals surface area contributed by atoms with Crippen LogP contribution in [0.25, 0.3) is 0 Å². The molecule has 2 heterocycles. The van der Waals surface area contributed by atoms with Crippen molar-refractivity contribution in [3.63, 3.8) is 0 Å². The highest BCUT2D eigenvalue weighted by molar-refractivity contribution is 7.09. The fourth-order valence-corrected chi connectivity index (χ4v) is 1.37. The van der Waals surface area contributed by atoms with Crippen molar-refractivity contribution in [2.24, 2.45) is 0 Å². The zero-order valence-electron chi connectivity index (χ0n) is 8.04. The molecule has 1 N–H and O–H groups in total. The molecule has 0 atom stereocenters. The zero-order valence-corrected chi connectivity index (χ0v) is 8.86. The van der Waals surface area contributed by atoms with E-state index < -0.39 is 0 Å². The van der Waals surface area contributed by atoms with Gasteiger partial charge in [0.1, 0.15) is 12.2 Å². The predicted molar refractivity (Wildman–Crippen MR) is 55.8 cm³/mol. The van der Waals surface area contributed by atoms with Crippen molar-refractivity contribution in [3.05, 3.63) is 24.5 Å². The molecule has 15 heavy (non-hydrogen) atoms. The monoisotopic (exact) mass is 223 g/mol. The summed E-state index contributed by atoms with van der Waals surface area (Å²) in [6, 6.07) is 0. The molecule has 0 aliphatic carbocycles. The molecule has 7 heteroatoms. The molecule has 0 saturated heterocycles. The summed E-state index contributed by atoms with van der Waals surface area (Å²) in [5.41, 5.74) is 0. The molecule has 0 aliphatic rings. The van der Waals surface area contributed by atoms with Gasteiger partial charge in [0.2, 0.25) is 5.13 Å². The Labute approximate surface area is 90.5 Å². The molecule has 78 valence electrons. The lowest BCUT2D eigenvalue weighted by Gasteiger charge is -2.01. The number of anilines is 1. The largest absolute Gasteiger partial charge is 0.494 e. The van der Waals surface area contributed by atoms with E-state index in [1.54, 1.807) is 19.5 Å². The quantitative estimate of drug-likeness (QED) is 0.831. The molecule has 0 spiro atoms. The topological polar surface area (TPSA) is 72.8 Å². The van der Waals surface area contributed by atoms with Crippen LogP contribution in [-0.2, 0) is 6.54 Å². The van der Waals surface area contributed by atoms with Crippen LogP contribution >= 0.6 is 11.5 Å². The van der Waals surface area contributed by atoms with Crippen LogP contribution in [0.5, 0.6) is 5.75 Å². The second-order valence-electron chi connectivity index (χ2n) is 2.64. The van der Waals surface area contributed by atoms with Gasteiger partial charge in [-0.15, -0.1) is 0 Å². The van der Waals surface area contributed by atoms with E-state index >= 15 is 0 Å². The minimum absolute atomic E-state index is 0.527. The van der Waals surface area contributed by atoms with Crippen molar-refractivity contribution in [2.45, 2.75) is 6.54 Å². The Balaban J connectivity index is 1.93. The van der Waals surface area contributed by atoms with Crippen LogP contribution in [0.3, 0.4) is 0 Å². The molecular formula is C8H9N5OS. The molecule has 2 rings (SSSR count). The van der Waals surface area contributed by atoms with Crippen molar-refractivity contribution in [1.29, 1.82) is 0 Å². The second-order valence-corrected chi connectivity index (χ2v) is 3.42. The number of aromatic nitrogens is 4. The first-order valence-electron chi connectivity index (χ1n) is 4.24. The summed E-state index contributed by atoms with van der Waals surface area (Å²) in [5.74, 6) is 1.33. The third-order valence-corrected chi connectivity index (χ3v) is 2.30. The van der Waals surface area contributed by atoms with Crippen molar-refractivity contribution in [2.75, 3.05) is 12.4 Å². The Morgan fingerprint density at radius 1 is 1.33 bits per heavy atom. The summed E-state index contributed by atoms with van der Waals surface area (Å²) >= 11 is 1.30. The summed E-state index contributed by atoms with van der Waals surface area (Å²) in [5, 5.41) is 3.82. The zero-order chi connectivity index (χ0) is 10.5. The highest BCUT2D eigenvalue weighted by atomic mass is 32.1. The third kappa shape index (κ3) is 2.59. The molecule has 2 aromatic rings. The number of nitrogens with one attached hydrogen (secondary N) is 1. The van der Waals surface area contributed by atoms with Crippen molar-refractivity contribution >= 4 is 16.7 Å². The molecule has 0 bridgehead atoms. The third-order valence-electron chi connectivity index (χ3n) is 1.68. The molecule has 0 radical (unpaired) electrons. The summed E-state index contributed by atoms with van der Waals surface area (Å²) in [7, 11) is 1.58. The molecule has 0 amide bonds. The summed E-state index contributed by atoms with van der Waals surface area (Å²) in [6.45, 7) is 0.527. The number of ether oxygens (including phenoxy) is 1. The Morgan fingerprint density at radius 3 is 2.73 bits per heavy atom. The lowest BCUT2D eigenvalue weighted by Crippen LogP contribution is -2.03. The Hall–Kier alpha value is -1.76. The number of hydrogen-bond donors (Lipinski definition) is 1. The maximum Gasteiger partial charge on any atom is 0.202 e. The standard InChI is InChI=1S/C8H9N5OS/c1-14-6-2-9-7(10-3-6)4-11-8-12-5-13-15-8/h2-3,5H,4H2,1H3,(H,11,12,13). The number of methoxy groups -OCH3 is 1. The van der Waals surface area contributed by atoms with Crippen LogP contribution < -0.4 is 10.1 Å². The van der Waals surface area contributed by atoms with E-state index in [2.05, 4.69) is 24.6 Å². The summed E-state index contributed by atoms with van der Waals surface area (Å²) in [4.78, 5) is 12.2. The lowest BCUT2D eigenvalue weighted by atomic mass is 10.5. The van der Waals surface area contributed by atoms with E-state index in [1.807, 2.05) is 0 Å². The van der Waals surface area contributed by atoms with Gasteiger partial charge in [-0.05, 0) is 0 Å². The summed E-state index contributed by atoms with van der Waals surface area (Å²) in [6.07, 6.45) is 4.76. The second kappa shape index (κ2) is 4.65. The van der Waals surface area contributed by atoms with E-state index in [0.29, 0.717) is 18.1 Å². The predicted octanol–water partition coefficient (Wildman–Crippen LogP) is 0.949. The SMILES string of the molecule is COc1cnc(CNc2ncns2)nc1. The van der Waals surface area contributed by atoms with Gasteiger partial charge in [0.25, 0.3) is 0 Å². The number of rotatable bonds is 4. The smallest absolute Gasteiger partial charge is 0.202 e. The molecule has 0 aromatic carbocycles. The van der Waals surface area contributed by atoms with Crippen LogP contribution in [0.2, 0.25) is 0 Å². The van der Waals surface area contributed by atoms with Crippen molar-refractivity contribution < 1.29 is 4.74 Å². The minimum atomic E-state index is 0.527. The number of nitrogens with zero attached hydrogens (tertiary/aromatic N) is 4. The lowest BCUT2D eigenvalue weighted by molar-refractivity contribution is 0.410. The Morgan fingerprint density at radius 2 is 2.13 bits per heavy atom. The number of hydrogen-bond acceptors (Lipinski definition) is 7. The summed E-state index contributed by atoms with van der Waals surface area (Å²) < 4.78 is 8.82. The van der Waals surface area contributed by atoms with Crippen LogP contribution in [-0.4, -0.2) is 26.4 Å². The highest BCUT2D eigenvalue weighted by Crippen LogP contribution is 2.09. The molecule has 0 unspecified atom stereocenters. The average molecular weight is 223 g/mol. The molecule has 0 saturated carbocycles. The molecule has 6 nitrogen and oxygen atoms in total. The Bertz CT molecular complexity index is 401. The van der Waals surface area contributed by atoms with Crippen LogP contribution in [0.15, 0.2) is 18.7 Å². The molecule has 2 aromatic heterocycles. The average Bonchev–Trinajstić information content (AvgIpc) is 2.80. The highest BCUT2D eigenvalue weighted by Gasteiger charge is 1.99.